The summed E-state index contributed by atoms with van der Waals surface area (Å²) in [7, 11) is 0. The standard InChI is InChI=1S/C20H39NO3/c1-2-3-4-5-6-7-8-9-10-11-17-24-20(22)13-12-14-21-15-18-23-19-16-21/h2-19H2,1H3. The molecule has 0 saturated carbocycles. The third-order valence-corrected chi connectivity index (χ3v) is 4.72. The Labute approximate surface area is 149 Å². The lowest BCUT2D eigenvalue weighted by Crippen LogP contribution is -2.37. The summed E-state index contributed by atoms with van der Waals surface area (Å²) in [6.07, 6.45) is 14.5. The summed E-state index contributed by atoms with van der Waals surface area (Å²) in [5.41, 5.74) is 0. The minimum absolute atomic E-state index is 0.0285. The number of rotatable bonds is 15. The van der Waals surface area contributed by atoms with Gasteiger partial charge in [-0.2, -0.15) is 0 Å². The summed E-state index contributed by atoms with van der Waals surface area (Å²) in [4.78, 5) is 14.0. The number of ether oxygens (including phenoxy) is 2. The van der Waals surface area contributed by atoms with Gasteiger partial charge in [0.25, 0.3) is 0 Å². The van der Waals surface area contributed by atoms with Gasteiger partial charge >= 0.3 is 5.97 Å². The number of carbonyl (C=O) groups excluding carboxylic acids is 1. The van der Waals surface area contributed by atoms with Crippen LogP contribution >= 0.6 is 0 Å². The van der Waals surface area contributed by atoms with E-state index in [0.717, 1.165) is 45.7 Å². The van der Waals surface area contributed by atoms with Gasteiger partial charge in [0.05, 0.1) is 19.8 Å². The van der Waals surface area contributed by atoms with E-state index in [-0.39, 0.29) is 5.97 Å². The quantitative estimate of drug-likeness (QED) is 0.323. The normalized spacial score (nSPS) is 15.5. The van der Waals surface area contributed by atoms with Gasteiger partial charge in [-0.1, -0.05) is 64.7 Å². The zero-order valence-electron chi connectivity index (χ0n) is 15.9. The molecule has 0 aromatic carbocycles. The molecule has 0 N–H and O–H groups in total. The fourth-order valence-corrected chi connectivity index (χ4v) is 3.12. The molecule has 142 valence electrons. The van der Waals surface area contributed by atoms with E-state index in [1.807, 2.05) is 0 Å². The maximum Gasteiger partial charge on any atom is 0.305 e. The molecule has 0 spiro atoms. The number of carbonyl (C=O) groups is 1. The lowest BCUT2D eigenvalue weighted by atomic mass is 10.1. The first-order valence-corrected chi connectivity index (χ1v) is 10.3. The van der Waals surface area contributed by atoms with Crippen molar-refractivity contribution in [2.75, 3.05) is 39.5 Å². The molecule has 1 heterocycles. The summed E-state index contributed by atoms with van der Waals surface area (Å²) >= 11 is 0. The van der Waals surface area contributed by atoms with Crippen LogP contribution in [0.2, 0.25) is 0 Å². The molecule has 0 radical (unpaired) electrons. The van der Waals surface area contributed by atoms with Crippen LogP contribution in [0.3, 0.4) is 0 Å². The van der Waals surface area contributed by atoms with Gasteiger partial charge in [0.2, 0.25) is 0 Å². The summed E-state index contributed by atoms with van der Waals surface area (Å²) in [6.45, 7) is 7.48. The van der Waals surface area contributed by atoms with Crippen LogP contribution in [0.15, 0.2) is 0 Å². The smallest absolute Gasteiger partial charge is 0.305 e. The molecule has 1 rings (SSSR count). The monoisotopic (exact) mass is 341 g/mol. The van der Waals surface area contributed by atoms with Crippen LogP contribution in [-0.4, -0.2) is 50.3 Å². The van der Waals surface area contributed by atoms with Crippen LogP contribution in [0.1, 0.15) is 84.0 Å². The average Bonchev–Trinajstić information content (AvgIpc) is 2.60. The second-order valence-electron chi connectivity index (χ2n) is 6.96. The predicted molar refractivity (Wildman–Crippen MR) is 99.3 cm³/mol. The highest BCUT2D eigenvalue weighted by Crippen LogP contribution is 2.10. The second-order valence-corrected chi connectivity index (χ2v) is 6.96. The highest BCUT2D eigenvalue weighted by Gasteiger charge is 2.10. The van der Waals surface area contributed by atoms with Crippen molar-refractivity contribution in [3.8, 4) is 0 Å². The van der Waals surface area contributed by atoms with Crippen LogP contribution in [0, 0.1) is 0 Å². The van der Waals surface area contributed by atoms with Gasteiger partial charge in [0.1, 0.15) is 0 Å². The van der Waals surface area contributed by atoms with Gasteiger partial charge in [0, 0.05) is 19.5 Å². The Bertz CT molecular complexity index is 291. The SMILES string of the molecule is CCCCCCCCCCCCOC(=O)CCCN1CCOCC1. The molecule has 4 nitrogen and oxygen atoms in total. The lowest BCUT2D eigenvalue weighted by Gasteiger charge is -2.26. The zero-order chi connectivity index (χ0) is 17.3. The van der Waals surface area contributed by atoms with Crippen molar-refractivity contribution in [1.29, 1.82) is 0 Å². The largest absolute Gasteiger partial charge is 0.466 e. The van der Waals surface area contributed by atoms with E-state index in [4.69, 9.17) is 9.47 Å². The summed E-state index contributed by atoms with van der Waals surface area (Å²) in [5, 5.41) is 0. The van der Waals surface area contributed by atoms with Crippen LogP contribution in [-0.2, 0) is 14.3 Å². The zero-order valence-corrected chi connectivity index (χ0v) is 15.9. The van der Waals surface area contributed by atoms with Gasteiger partial charge in [-0.05, 0) is 19.4 Å². The Morgan fingerprint density at radius 3 is 2.08 bits per heavy atom. The maximum absolute atomic E-state index is 11.7. The molecule has 4 heteroatoms. The Morgan fingerprint density at radius 2 is 1.46 bits per heavy atom. The van der Waals surface area contributed by atoms with Crippen LogP contribution < -0.4 is 0 Å². The summed E-state index contributed by atoms with van der Waals surface area (Å²) in [6, 6.07) is 0. The van der Waals surface area contributed by atoms with E-state index < -0.39 is 0 Å². The van der Waals surface area contributed by atoms with Crippen molar-refractivity contribution >= 4 is 5.97 Å². The third kappa shape index (κ3) is 12.8. The van der Waals surface area contributed by atoms with Crippen LogP contribution in [0.5, 0.6) is 0 Å². The van der Waals surface area contributed by atoms with Crippen molar-refractivity contribution in [3.05, 3.63) is 0 Å². The summed E-state index contributed by atoms with van der Waals surface area (Å²) < 4.78 is 10.6. The Balaban J connectivity index is 1.77. The molecule has 0 aliphatic carbocycles. The van der Waals surface area contributed by atoms with Crippen molar-refractivity contribution in [1.82, 2.24) is 4.90 Å². The van der Waals surface area contributed by atoms with E-state index in [2.05, 4.69) is 11.8 Å². The van der Waals surface area contributed by atoms with E-state index in [1.165, 1.54) is 57.8 Å². The molecule has 0 aromatic rings. The first kappa shape index (κ1) is 21.4. The molecule has 0 unspecified atom stereocenters. The number of unbranched alkanes of at least 4 members (excludes halogenated alkanes) is 9. The molecular formula is C20H39NO3. The van der Waals surface area contributed by atoms with Gasteiger partial charge in [0.15, 0.2) is 0 Å². The molecule has 1 fully saturated rings. The third-order valence-electron chi connectivity index (χ3n) is 4.72. The van der Waals surface area contributed by atoms with Gasteiger partial charge in [-0.15, -0.1) is 0 Å². The Hall–Kier alpha value is -0.610. The topological polar surface area (TPSA) is 38.8 Å². The molecule has 0 aromatic heterocycles. The highest BCUT2D eigenvalue weighted by atomic mass is 16.5. The second kappa shape index (κ2) is 15.9. The predicted octanol–water partition coefficient (Wildman–Crippen LogP) is 4.56. The van der Waals surface area contributed by atoms with Gasteiger partial charge in [-0.25, -0.2) is 0 Å². The van der Waals surface area contributed by atoms with Crippen molar-refractivity contribution < 1.29 is 14.3 Å². The summed E-state index contributed by atoms with van der Waals surface area (Å²) in [5.74, 6) is -0.0285. The van der Waals surface area contributed by atoms with Gasteiger partial charge in [-0.3, -0.25) is 9.69 Å². The first-order valence-electron chi connectivity index (χ1n) is 10.3. The highest BCUT2D eigenvalue weighted by molar-refractivity contribution is 5.69. The minimum Gasteiger partial charge on any atom is -0.466 e. The Morgan fingerprint density at radius 1 is 0.875 bits per heavy atom. The first-order chi connectivity index (χ1) is 11.8. The van der Waals surface area contributed by atoms with E-state index in [0.29, 0.717) is 13.0 Å². The molecule has 0 atom stereocenters. The van der Waals surface area contributed by atoms with Crippen molar-refractivity contribution in [3.63, 3.8) is 0 Å². The van der Waals surface area contributed by atoms with Crippen LogP contribution in [0.25, 0.3) is 0 Å². The molecule has 0 bridgehead atoms. The van der Waals surface area contributed by atoms with Crippen molar-refractivity contribution in [2.45, 2.75) is 84.0 Å². The van der Waals surface area contributed by atoms with E-state index >= 15 is 0 Å². The fraction of sp³-hybridized carbons (Fsp3) is 0.950. The molecule has 1 aliphatic heterocycles. The number of hydrogen-bond acceptors (Lipinski definition) is 4. The molecule has 24 heavy (non-hydrogen) atoms. The number of nitrogens with zero attached hydrogens (tertiary/aromatic N) is 1. The average molecular weight is 342 g/mol. The number of hydrogen-bond donors (Lipinski definition) is 0. The molecule has 0 amide bonds. The van der Waals surface area contributed by atoms with Crippen molar-refractivity contribution in [2.24, 2.45) is 0 Å². The fourth-order valence-electron chi connectivity index (χ4n) is 3.12. The molecular weight excluding hydrogens is 302 g/mol. The Kier molecular flexibility index (Phi) is 14.2. The number of esters is 1. The molecule has 1 saturated heterocycles. The lowest BCUT2D eigenvalue weighted by molar-refractivity contribution is -0.144. The minimum atomic E-state index is -0.0285. The van der Waals surface area contributed by atoms with Gasteiger partial charge < -0.3 is 9.47 Å². The molecule has 1 aliphatic rings. The number of morpholine rings is 1. The maximum atomic E-state index is 11.7. The van der Waals surface area contributed by atoms with E-state index in [9.17, 15) is 4.79 Å². The van der Waals surface area contributed by atoms with E-state index in [1.54, 1.807) is 0 Å². The van der Waals surface area contributed by atoms with Crippen LogP contribution in [0.4, 0.5) is 0 Å².